The number of hydrogen-bond acceptors (Lipinski definition) is 4. The highest BCUT2D eigenvalue weighted by Gasteiger charge is 2.13. The van der Waals surface area contributed by atoms with Gasteiger partial charge in [-0.25, -0.2) is 9.37 Å². The lowest BCUT2D eigenvalue weighted by molar-refractivity contribution is 0.548. The molecule has 0 bridgehead atoms. The molecule has 2 aromatic rings. The topological polar surface area (TPSA) is 41.1 Å². The van der Waals surface area contributed by atoms with E-state index in [2.05, 4.69) is 15.3 Å². The summed E-state index contributed by atoms with van der Waals surface area (Å²) in [7, 11) is 1.84. The van der Waals surface area contributed by atoms with Gasteiger partial charge in [0.05, 0.1) is 0 Å². The van der Waals surface area contributed by atoms with E-state index in [0.717, 1.165) is 5.56 Å². The zero-order chi connectivity index (χ0) is 15.2. The first kappa shape index (κ1) is 15.4. The molecule has 0 aliphatic heterocycles. The number of nitrogens with one attached hydrogen (secondary N) is 1. The van der Waals surface area contributed by atoms with Gasteiger partial charge in [-0.05, 0) is 23.8 Å². The highest BCUT2D eigenvalue weighted by molar-refractivity contribution is 5.43. The molecular weight excluding hydrogens is 267 g/mol. The third-order valence-electron chi connectivity index (χ3n) is 3.18. The molecule has 0 spiro atoms. The van der Waals surface area contributed by atoms with Crippen molar-refractivity contribution in [3.05, 3.63) is 53.7 Å². The normalized spacial score (nSPS) is 10.9. The Hall–Kier alpha value is -2.01. The highest BCUT2D eigenvalue weighted by Crippen LogP contribution is 2.20. The van der Waals surface area contributed by atoms with Gasteiger partial charge in [0.25, 0.3) is 0 Å². The Balaban J connectivity index is 2.13. The van der Waals surface area contributed by atoms with Gasteiger partial charge in [-0.15, -0.1) is 0 Å². The number of nitrogens with zero attached hydrogens (tertiary/aromatic N) is 3. The maximum Gasteiger partial charge on any atom is 0.170 e. The molecule has 0 saturated carbocycles. The van der Waals surface area contributed by atoms with Gasteiger partial charge in [0, 0.05) is 50.3 Å². The number of aromatic nitrogens is 2. The van der Waals surface area contributed by atoms with Crippen molar-refractivity contribution >= 4 is 5.82 Å². The minimum Gasteiger partial charge on any atom is -0.353 e. The first-order chi connectivity index (χ1) is 10.1. The highest BCUT2D eigenvalue weighted by atomic mass is 19.1. The van der Waals surface area contributed by atoms with Crippen molar-refractivity contribution in [2.24, 2.45) is 0 Å². The van der Waals surface area contributed by atoms with E-state index in [1.807, 2.05) is 37.9 Å². The lowest BCUT2D eigenvalue weighted by atomic mass is 10.2. The zero-order valence-corrected chi connectivity index (χ0v) is 12.7. The molecule has 0 amide bonds. The monoisotopic (exact) mass is 288 g/mol. The van der Waals surface area contributed by atoms with Crippen molar-refractivity contribution in [2.75, 3.05) is 11.9 Å². The lowest BCUT2D eigenvalue weighted by Gasteiger charge is -2.20. The molecule has 0 fully saturated rings. The van der Waals surface area contributed by atoms with Crippen LogP contribution in [0.25, 0.3) is 0 Å². The van der Waals surface area contributed by atoms with Crippen LogP contribution in [0.2, 0.25) is 0 Å². The van der Waals surface area contributed by atoms with Crippen LogP contribution in [0, 0.1) is 5.82 Å². The zero-order valence-electron chi connectivity index (χ0n) is 12.7. The molecule has 0 atom stereocenters. The van der Waals surface area contributed by atoms with Gasteiger partial charge in [0.1, 0.15) is 0 Å². The SMILES string of the molecule is CC(C)NCc1ccnc(N(C)Cc2ccncc2)c1F. The summed E-state index contributed by atoms with van der Waals surface area (Å²) < 4.78 is 14.5. The van der Waals surface area contributed by atoms with Gasteiger partial charge in [-0.3, -0.25) is 4.98 Å². The number of hydrogen-bond donors (Lipinski definition) is 1. The van der Waals surface area contributed by atoms with Crippen molar-refractivity contribution in [2.45, 2.75) is 33.0 Å². The second-order valence-electron chi connectivity index (χ2n) is 5.35. The average Bonchev–Trinajstić information content (AvgIpc) is 2.47. The van der Waals surface area contributed by atoms with E-state index in [0.29, 0.717) is 30.5 Å². The fourth-order valence-corrected chi connectivity index (χ4v) is 2.02. The summed E-state index contributed by atoms with van der Waals surface area (Å²) in [4.78, 5) is 9.96. The predicted octanol–water partition coefficient (Wildman–Crippen LogP) is 2.75. The number of anilines is 1. The number of pyridine rings is 2. The molecule has 5 heteroatoms. The maximum atomic E-state index is 14.5. The fourth-order valence-electron chi connectivity index (χ4n) is 2.02. The molecule has 2 aromatic heterocycles. The van der Waals surface area contributed by atoms with Gasteiger partial charge >= 0.3 is 0 Å². The molecule has 112 valence electrons. The van der Waals surface area contributed by atoms with Crippen LogP contribution < -0.4 is 10.2 Å². The Morgan fingerprint density at radius 2 is 1.90 bits per heavy atom. The first-order valence-electron chi connectivity index (χ1n) is 7.04. The van der Waals surface area contributed by atoms with Crippen LogP contribution in [0.3, 0.4) is 0 Å². The van der Waals surface area contributed by atoms with E-state index in [1.54, 1.807) is 24.7 Å². The summed E-state index contributed by atoms with van der Waals surface area (Å²) in [5.74, 6) is 0.108. The second-order valence-corrected chi connectivity index (χ2v) is 5.35. The van der Waals surface area contributed by atoms with Crippen LogP contribution >= 0.6 is 0 Å². The maximum absolute atomic E-state index is 14.5. The molecule has 0 saturated heterocycles. The molecule has 2 rings (SSSR count). The van der Waals surface area contributed by atoms with Crippen molar-refractivity contribution in [3.63, 3.8) is 0 Å². The van der Waals surface area contributed by atoms with Crippen LogP contribution in [0.15, 0.2) is 36.8 Å². The van der Waals surface area contributed by atoms with Crippen molar-refractivity contribution in [3.8, 4) is 0 Å². The molecule has 4 nitrogen and oxygen atoms in total. The van der Waals surface area contributed by atoms with E-state index < -0.39 is 0 Å². The van der Waals surface area contributed by atoms with E-state index in [4.69, 9.17) is 0 Å². The summed E-state index contributed by atoms with van der Waals surface area (Å²) in [6, 6.07) is 5.86. The Bertz CT molecular complexity index is 572. The van der Waals surface area contributed by atoms with Crippen molar-refractivity contribution < 1.29 is 4.39 Å². The summed E-state index contributed by atoms with van der Waals surface area (Å²) in [5.41, 5.74) is 1.70. The summed E-state index contributed by atoms with van der Waals surface area (Å²) in [5, 5.41) is 3.22. The molecule has 0 aromatic carbocycles. The smallest absolute Gasteiger partial charge is 0.170 e. The van der Waals surface area contributed by atoms with Crippen molar-refractivity contribution in [1.29, 1.82) is 0 Å². The van der Waals surface area contributed by atoms with Crippen LogP contribution in [0.5, 0.6) is 0 Å². The van der Waals surface area contributed by atoms with Gasteiger partial charge in [-0.2, -0.15) is 0 Å². The van der Waals surface area contributed by atoms with E-state index in [-0.39, 0.29) is 5.82 Å². The molecule has 0 unspecified atom stereocenters. The quantitative estimate of drug-likeness (QED) is 0.887. The molecule has 0 aliphatic rings. The summed E-state index contributed by atoms with van der Waals surface area (Å²) in [6.07, 6.45) is 5.12. The number of halogens is 1. The molecule has 21 heavy (non-hydrogen) atoms. The first-order valence-corrected chi connectivity index (χ1v) is 7.04. The Morgan fingerprint density at radius 1 is 1.19 bits per heavy atom. The minimum absolute atomic E-state index is 0.262. The van der Waals surface area contributed by atoms with Gasteiger partial charge in [0.15, 0.2) is 11.6 Å². The predicted molar refractivity (Wildman–Crippen MR) is 82.5 cm³/mol. The average molecular weight is 288 g/mol. The second kappa shape index (κ2) is 7.13. The minimum atomic E-state index is -0.262. The molecule has 0 aliphatic carbocycles. The van der Waals surface area contributed by atoms with Gasteiger partial charge in [0.2, 0.25) is 0 Å². The molecule has 2 heterocycles. The van der Waals surface area contributed by atoms with Crippen molar-refractivity contribution in [1.82, 2.24) is 15.3 Å². The van der Waals surface area contributed by atoms with Gasteiger partial charge in [-0.1, -0.05) is 13.8 Å². The number of rotatable bonds is 6. The Kier molecular flexibility index (Phi) is 5.22. The third kappa shape index (κ3) is 4.23. The van der Waals surface area contributed by atoms with E-state index in [1.165, 1.54) is 0 Å². The van der Waals surface area contributed by atoms with E-state index in [9.17, 15) is 4.39 Å². The van der Waals surface area contributed by atoms with Crippen LogP contribution in [-0.2, 0) is 13.1 Å². The third-order valence-corrected chi connectivity index (χ3v) is 3.18. The van der Waals surface area contributed by atoms with Crippen LogP contribution in [0.1, 0.15) is 25.0 Å². The van der Waals surface area contributed by atoms with Gasteiger partial charge < -0.3 is 10.2 Å². The molecule has 0 radical (unpaired) electrons. The summed E-state index contributed by atoms with van der Waals surface area (Å²) in [6.45, 7) is 5.17. The molecular formula is C16H21FN4. The molecule has 1 N–H and O–H groups in total. The largest absolute Gasteiger partial charge is 0.353 e. The summed E-state index contributed by atoms with van der Waals surface area (Å²) >= 11 is 0. The Labute approximate surface area is 125 Å². The van der Waals surface area contributed by atoms with Crippen LogP contribution in [-0.4, -0.2) is 23.1 Å². The van der Waals surface area contributed by atoms with Crippen LogP contribution in [0.4, 0.5) is 10.2 Å². The van der Waals surface area contributed by atoms with E-state index >= 15 is 0 Å². The standard InChI is InChI=1S/C16H21FN4/c1-12(2)20-10-14-6-9-19-16(15(14)17)21(3)11-13-4-7-18-8-5-13/h4-9,12,20H,10-11H2,1-3H3. The Morgan fingerprint density at radius 3 is 2.57 bits per heavy atom. The lowest BCUT2D eigenvalue weighted by Crippen LogP contribution is -2.24. The fraction of sp³-hybridized carbons (Fsp3) is 0.375.